The van der Waals surface area contributed by atoms with Crippen molar-refractivity contribution in [3.63, 3.8) is 0 Å². The van der Waals surface area contributed by atoms with Crippen LogP contribution in [-0.2, 0) is 9.47 Å². The van der Waals surface area contributed by atoms with Crippen molar-refractivity contribution < 1.29 is 84.8 Å². The number of halogens is 2. The van der Waals surface area contributed by atoms with E-state index in [0.29, 0.717) is 72.3 Å². The maximum absolute atomic E-state index is 11.7. The van der Waals surface area contributed by atoms with E-state index >= 15 is 0 Å². The van der Waals surface area contributed by atoms with Crippen molar-refractivity contribution in [3.8, 4) is 45.0 Å². The van der Waals surface area contributed by atoms with Crippen molar-refractivity contribution in [3.05, 3.63) is 221 Å². The number of aliphatic hydroxyl groups excluding tert-OH is 1. The van der Waals surface area contributed by atoms with E-state index in [4.69, 9.17) is 36.9 Å². The molecule has 9 N–H and O–H groups in total. The molecule has 12 aromatic rings. The molecule has 4 heterocycles. The second kappa shape index (κ2) is 44.2. The Morgan fingerprint density at radius 3 is 0.883 bits per heavy atom. The van der Waals surface area contributed by atoms with Gasteiger partial charge in [0.15, 0.2) is 17.5 Å². The molecule has 8 aromatic carbocycles. The third-order valence-electron chi connectivity index (χ3n) is 13.4. The summed E-state index contributed by atoms with van der Waals surface area (Å²) >= 11 is 3.44. The molecule has 0 bridgehead atoms. The third kappa shape index (κ3) is 25.6. The van der Waals surface area contributed by atoms with E-state index < -0.39 is 19.1 Å². The molecule has 0 fully saturated rings. The average molecular weight is 1480 g/mol. The van der Waals surface area contributed by atoms with Gasteiger partial charge < -0.3 is 52.0 Å². The van der Waals surface area contributed by atoms with Gasteiger partial charge in [-0.2, -0.15) is 0 Å². The normalized spacial score (nSPS) is 10.1. The quantitative estimate of drug-likeness (QED) is 0.0393. The summed E-state index contributed by atoms with van der Waals surface area (Å²) in [7, 11) is 2.72. The first-order valence-electron chi connectivity index (χ1n) is 31.8. The molecule has 0 aliphatic rings. The van der Waals surface area contributed by atoms with Crippen molar-refractivity contribution in [2.45, 2.75) is 94.4 Å². The summed E-state index contributed by atoms with van der Waals surface area (Å²) in [4.78, 5) is 82.6. The van der Waals surface area contributed by atoms with E-state index in [0.717, 1.165) is 63.2 Å². The van der Waals surface area contributed by atoms with Gasteiger partial charge in [-0.3, -0.25) is 4.39 Å². The number of ether oxygens (including phenoxy) is 2. The van der Waals surface area contributed by atoms with E-state index in [1.54, 1.807) is 72.8 Å². The Balaban J connectivity index is 0.000000448. The molecule has 0 aliphatic carbocycles. The topological polar surface area (TPSA) is 343 Å². The summed E-state index contributed by atoms with van der Waals surface area (Å²) in [5.74, 6) is -0.710. The number of nitrogens with two attached hydrogens (primary N) is 1. The first-order chi connectivity index (χ1) is 48.0. The van der Waals surface area contributed by atoms with Crippen LogP contribution in [0.4, 0.5) is 21.8 Å². The maximum Gasteiger partial charge on any atom is 1.00 e. The number of nitrogens with one attached hydrogen (secondary N) is 3. The molecular formula is C78H89BrFN12NaO10. The molecule has 0 saturated heterocycles. The number of fused-ring (bicyclic) bond motifs is 4. The van der Waals surface area contributed by atoms with E-state index in [1.165, 1.54) is 14.2 Å². The number of nitrogens with zero attached hydrogens (tertiary/aromatic N) is 8. The number of aliphatic hydroxyl groups is 1. The number of carboxylic acids is 2. The minimum absolute atomic E-state index is 0. The molecule has 0 atom stereocenters. The van der Waals surface area contributed by atoms with E-state index in [1.807, 2.05) is 177 Å². The zero-order valence-electron chi connectivity index (χ0n) is 59.1. The van der Waals surface area contributed by atoms with Gasteiger partial charge in [-0.1, -0.05) is 150 Å². The second-order valence-corrected chi connectivity index (χ2v) is 23.4. The van der Waals surface area contributed by atoms with Crippen LogP contribution in [-0.4, -0.2) is 137 Å². The molecule has 0 saturated carbocycles. The van der Waals surface area contributed by atoms with Crippen molar-refractivity contribution in [1.29, 1.82) is 0 Å². The fourth-order valence-electron chi connectivity index (χ4n) is 9.25. The largest absolute Gasteiger partial charge is 1.00 e. The Bertz CT molecular complexity index is 4550. The molecule has 0 aliphatic heterocycles. The molecule has 0 radical (unpaired) electrons. The maximum atomic E-state index is 11.7. The molecular weight excluding hydrogens is 1390 g/mol. The number of benzene rings is 8. The van der Waals surface area contributed by atoms with Gasteiger partial charge in [-0.15, -0.1) is 0 Å². The van der Waals surface area contributed by atoms with Gasteiger partial charge in [0.1, 0.15) is 27.4 Å². The smallest absolute Gasteiger partial charge is 0.870 e. The predicted octanol–water partition coefficient (Wildman–Crippen LogP) is 14.0. The van der Waals surface area contributed by atoms with Crippen LogP contribution >= 0.6 is 15.9 Å². The monoisotopic (exact) mass is 1480 g/mol. The Morgan fingerprint density at radius 1 is 0.417 bits per heavy atom. The van der Waals surface area contributed by atoms with Crippen molar-refractivity contribution in [2.24, 2.45) is 5.73 Å². The molecule has 22 nitrogen and oxygen atoms in total. The summed E-state index contributed by atoms with van der Waals surface area (Å²) in [6.07, 6.45) is 0. The number of aromatic nitrogens is 8. The zero-order chi connectivity index (χ0) is 73.0. The Morgan fingerprint density at radius 2 is 0.641 bits per heavy atom. The number of hydrogen-bond donors (Lipinski definition) is 7. The molecule has 103 heavy (non-hydrogen) atoms. The minimum atomic E-state index is -1.00. The minimum Gasteiger partial charge on any atom is -0.870 e. The summed E-state index contributed by atoms with van der Waals surface area (Å²) in [6, 6.07) is 60.2. The summed E-state index contributed by atoms with van der Waals surface area (Å²) in [6.45, 7) is 16.1. The number of carbonyl (C=O) groups excluding carboxylic acids is 2. The van der Waals surface area contributed by atoms with Crippen LogP contribution in [0, 0.1) is 0 Å². The number of hydrogen-bond acceptors (Lipinski definition) is 20. The van der Waals surface area contributed by atoms with Crippen LogP contribution in [0.2, 0.25) is 0 Å². The van der Waals surface area contributed by atoms with Gasteiger partial charge in [0, 0.05) is 47.5 Å². The van der Waals surface area contributed by atoms with Gasteiger partial charge in [0.25, 0.3) is 0 Å². The molecule has 536 valence electrons. The fourth-order valence-corrected chi connectivity index (χ4v) is 9.75. The number of carbonyl (C=O) groups is 4. The third-order valence-corrected chi connectivity index (χ3v) is 14.0. The standard InChI is InChI=1S/C19H19N3O2.2C18H17N3O2.C16H11BrN2O2.C3H9N.CH3F.CH4O.2CH4.Na.H2O/c1-12(2)20-18-17(13-7-5-4-6-8-13)21-15-10-9-14(19(23)24-3)11-16(15)22-18;2*1-11(2)19-17-16(12-6-4-3-5-7-12)20-14-9-8-13(18(22)23)10-15(14)21-17;1-21-16(20)11-7-8-12-13(9-11)19-15(17)14(18-12)10-5-3-2-4-6-10;1-3(2)4;2*1-2;;;;/h4-12H,1-3H3,(H,20,22);2*3-11H,1-2H3,(H,19,21)(H,22,23);2-9H,1H3;3H,4H2,1-2H3;1H3;2H,1H3;2*1H4;;1H2/q;;;;;;;;;+1;/p-1/i;;;;;1D;;;;;. The Kier molecular flexibility index (Phi) is 37.3. The van der Waals surface area contributed by atoms with E-state index in [-0.39, 0.29) is 91.1 Å². The van der Waals surface area contributed by atoms with Crippen LogP contribution in [0.5, 0.6) is 0 Å². The first-order valence-corrected chi connectivity index (χ1v) is 31.9. The molecule has 12 rings (SSSR count). The Hall–Kier alpha value is -10.3. The summed E-state index contributed by atoms with van der Waals surface area (Å²) in [5.41, 5.74) is 18.6. The molecule has 0 unspecified atom stereocenters. The van der Waals surface area contributed by atoms with Gasteiger partial charge in [-0.05, 0) is 136 Å². The molecule has 0 spiro atoms. The average Bonchev–Trinajstić information content (AvgIpc) is 0.815. The SMILES string of the molecule is C.C.CC(C)N.CC(C)Nc1nc2cc(C(=O)O)ccc2nc1-c1ccccc1.CC(C)Nc1nc2cc(C(=O)O)ccc2nc1-c1ccccc1.CO.COC(=O)c1ccc2nc(-c3ccccc3)c(Br)nc2c1.COC(=O)c1ccc2nc(-c3ccccc3)c(NC(C)C)nc2c1.[2H]CF.[Na+].[OH-]. The van der Waals surface area contributed by atoms with Crippen molar-refractivity contribution >= 4 is 101 Å². The predicted molar refractivity (Wildman–Crippen MR) is 410 cm³/mol. The number of carboxylic acid groups (broad SMARTS) is 2. The number of aromatic carboxylic acids is 2. The van der Waals surface area contributed by atoms with Crippen LogP contribution in [0.1, 0.15) is 113 Å². The number of alkyl halides is 1. The fraction of sp³-hybridized carbons (Fsp3) is 0.231. The van der Waals surface area contributed by atoms with Crippen LogP contribution in [0.3, 0.4) is 0 Å². The molecule has 4 aromatic heterocycles. The van der Waals surface area contributed by atoms with Crippen LogP contribution in [0.25, 0.3) is 89.2 Å². The van der Waals surface area contributed by atoms with Crippen molar-refractivity contribution in [2.75, 3.05) is 44.4 Å². The van der Waals surface area contributed by atoms with Crippen molar-refractivity contribution in [1.82, 2.24) is 39.9 Å². The first kappa shape index (κ1) is 86.9. The molecule has 0 amide bonds. The molecule has 25 heteroatoms. The summed E-state index contributed by atoms with van der Waals surface area (Å²) in [5, 5.41) is 35.2. The van der Waals surface area contributed by atoms with Crippen LogP contribution in [0.15, 0.2) is 199 Å². The Labute approximate surface area is 632 Å². The van der Waals surface area contributed by atoms with E-state index in [9.17, 15) is 23.6 Å². The van der Waals surface area contributed by atoms with Gasteiger partial charge in [0.05, 0.1) is 89.1 Å². The number of methoxy groups -OCH3 is 2. The van der Waals surface area contributed by atoms with Gasteiger partial charge in [-0.25, -0.2) is 59.0 Å². The zero-order valence-corrected chi connectivity index (χ0v) is 61.7. The summed E-state index contributed by atoms with van der Waals surface area (Å²) < 4.78 is 25.6. The number of esters is 2. The van der Waals surface area contributed by atoms with E-state index in [2.05, 4.69) is 66.8 Å². The number of anilines is 3. The van der Waals surface area contributed by atoms with Crippen LogP contribution < -0.4 is 51.2 Å². The van der Waals surface area contributed by atoms with Gasteiger partial charge in [0.2, 0.25) is 0 Å². The second-order valence-electron chi connectivity index (χ2n) is 22.6. The van der Waals surface area contributed by atoms with Gasteiger partial charge >= 0.3 is 53.4 Å². The number of rotatable bonds is 14.